The van der Waals surface area contributed by atoms with Crippen molar-refractivity contribution in [3.05, 3.63) is 59.7 Å². The Morgan fingerprint density at radius 2 is 1.55 bits per heavy atom. The van der Waals surface area contributed by atoms with Gasteiger partial charge in [0.2, 0.25) is 5.91 Å². The first-order chi connectivity index (χ1) is 15.8. The molecule has 0 aliphatic heterocycles. The topological polar surface area (TPSA) is 105 Å². The molecule has 0 bridgehead atoms. The zero-order valence-corrected chi connectivity index (χ0v) is 19.3. The van der Waals surface area contributed by atoms with Crippen LogP contribution in [0.4, 0.5) is 4.79 Å². The quantitative estimate of drug-likeness (QED) is 0.498. The van der Waals surface area contributed by atoms with E-state index in [0.29, 0.717) is 12.8 Å². The maximum absolute atomic E-state index is 12.8. The van der Waals surface area contributed by atoms with Crippen LogP contribution in [0.5, 0.6) is 0 Å². The van der Waals surface area contributed by atoms with E-state index in [0.717, 1.165) is 22.3 Å². The van der Waals surface area contributed by atoms with Gasteiger partial charge in [-0.15, -0.1) is 0 Å². The summed E-state index contributed by atoms with van der Waals surface area (Å²) >= 11 is 0. The Hall–Kier alpha value is -3.35. The summed E-state index contributed by atoms with van der Waals surface area (Å²) in [7, 11) is 0. The SMILES string of the molecule is CCC[C@H](NC(=O)OCC1c2ccccc2-c2ccccc21)C(=O)N[C@H](CC(=O)O)C(C)C. The highest BCUT2D eigenvalue weighted by Gasteiger charge is 2.30. The number of carboxylic acids is 1. The lowest BCUT2D eigenvalue weighted by Crippen LogP contribution is -2.51. The first-order valence-corrected chi connectivity index (χ1v) is 11.5. The molecule has 0 aromatic heterocycles. The highest BCUT2D eigenvalue weighted by molar-refractivity contribution is 5.86. The van der Waals surface area contributed by atoms with Crippen molar-refractivity contribution >= 4 is 18.0 Å². The smallest absolute Gasteiger partial charge is 0.407 e. The van der Waals surface area contributed by atoms with Gasteiger partial charge in [0.05, 0.1) is 6.42 Å². The summed E-state index contributed by atoms with van der Waals surface area (Å²) in [4.78, 5) is 36.5. The van der Waals surface area contributed by atoms with Gasteiger partial charge in [-0.25, -0.2) is 4.79 Å². The molecule has 0 radical (unpaired) electrons. The van der Waals surface area contributed by atoms with Gasteiger partial charge in [-0.05, 0) is 34.6 Å². The second kappa shape index (κ2) is 11.0. The Balaban J connectivity index is 1.64. The maximum atomic E-state index is 12.8. The van der Waals surface area contributed by atoms with Gasteiger partial charge >= 0.3 is 12.1 Å². The van der Waals surface area contributed by atoms with Gasteiger partial charge < -0.3 is 20.5 Å². The molecule has 2 amide bonds. The van der Waals surface area contributed by atoms with Crippen LogP contribution >= 0.6 is 0 Å². The van der Waals surface area contributed by atoms with Gasteiger partial charge in [-0.1, -0.05) is 75.7 Å². The molecule has 176 valence electrons. The molecule has 33 heavy (non-hydrogen) atoms. The van der Waals surface area contributed by atoms with Crippen LogP contribution in [0.3, 0.4) is 0 Å². The van der Waals surface area contributed by atoms with E-state index < -0.39 is 30.1 Å². The van der Waals surface area contributed by atoms with E-state index in [9.17, 15) is 14.4 Å². The fourth-order valence-electron chi connectivity index (χ4n) is 4.26. The maximum Gasteiger partial charge on any atom is 0.407 e. The second-order valence-corrected chi connectivity index (χ2v) is 8.77. The molecule has 3 N–H and O–H groups in total. The number of fused-ring (bicyclic) bond motifs is 3. The second-order valence-electron chi connectivity index (χ2n) is 8.77. The zero-order valence-electron chi connectivity index (χ0n) is 19.3. The van der Waals surface area contributed by atoms with E-state index in [-0.39, 0.29) is 24.9 Å². The fourth-order valence-corrected chi connectivity index (χ4v) is 4.26. The first-order valence-electron chi connectivity index (χ1n) is 11.5. The zero-order chi connectivity index (χ0) is 24.0. The van der Waals surface area contributed by atoms with E-state index in [2.05, 4.69) is 22.8 Å². The third kappa shape index (κ3) is 5.92. The molecule has 2 atom stereocenters. The van der Waals surface area contributed by atoms with Crippen LogP contribution < -0.4 is 10.6 Å². The Morgan fingerprint density at radius 3 is 2.06 bits per heavy atom. The molecule has 1 aliphatic carbocycles. The summed E-state index contributed by atoms with van der Waals surface area (Å²) in [5, 5.41) is 14.5. The normalized spacial score (nSPS) is 14.2. The molecule has 0 saturated heterocycles. The summed E-state index contributed by atoms with van der Waals surface area (Å²) in [5.41, 5.74) is 4.51. The third-order valence-corrected chi connectivity index (χ3v) is 6.06. The number of aliphatic carboxylic acids is 1. The predicted octanol–water partition coefficient (Wildman–Crippen LogP) is 4.31. The van der Waals surface area contributed by atoms with Gasteiger partial charge in [-0.3, -0.25) is 9.59 Å². The molecule has 0 saturated carbocycles. The summed E-state index contributed by atoms with van der Waals surface area (Å²) in [5.74, 6) is -1.50. The van der Waals surface area contributed by atoms with Gasteiger partial charge in [0, 0.05) is 12.0 Å². The van der Waals surface area contributed by atoms with Crippen LogP contribution in [-0.4, -0.2) is 41.8 Å². The van der Waals surface area contributed by atoms with E-state index >= 15 is 0 Å². The van der Waals surface area contributed by atoms with Gasteiger partial charge in [0.1, 0.15) is 12.6 Å². The molecule has 0 fully saturated rings. The molecule has 0 heterocycles. The Labute approximate surface area is 194 Å². The lowest BCUT2D eigenvalue weighted by molar-refractivity contribution is -0.138. The van der Waals surface area contributed by atoms with Crippen LogP contribution in [0.25, 0.3) is 11.1 Å². The Morgan fingerprint density at radius 1 is 0.970 bits per heavy atom. The Bertz CT molecular complexity index is 958. The van der Waals surface area contributed by atoms with Crippen molar-refractivity contribution in [1.29, 1.82) is 0 Å². The van der Waals surface area contributed by atoms with E-state index in [1.807, 2.05) is 57.2 Å². The van der Waals surface area contributed by atoms with Crippen molar-refractivity contribution in [3.8, 4) is 11.1 Å². The van der Waals surface area contributed by atoms with E-state index in [1.54, 1.807) is 0 Å². The highest BCUT2D eigenvalue weighted by Crippen LogP contribution is 2.44. The van der Waals surface area contributed by atoms with Crippen molar-refractivity contribution < 1.29 is 24.2 Å². The number of carbonyl (C=O) groups excluding carboxylic acids is 2. The monoisotopic (exact) mass is 452 g/mol. The highest BCUT2D eigenvalue weighted by atomic mass is 16.5. The number of rotatable bonds is 10. The lowest BCUT2D eigenvalue weighted by atomic mass is 9.98. The molecular formula is C26H32N2O5. The van der Waals surface area contributed by atoms with E-state index in [4.69, 9.17) is 9.84 Å². The number of nitrogens with one attached hydrogen (secondary N) is 2. The molecule has 2 aromatic rings. The standard InChI is InChI=1S/C26H32N2O5/c1-4-9-22(25(31)27-23(16(2)3)14-24(29)30)28-26(32)33-15-21-19-12-7-5-10-17(19)18-11-6-8-13-20(18)21/h5-8,10-13,16,21-23H,4,9,14-15H2,1-3H3,(H,27,31)(H,28,32)(H,29,30)/t22-,23+/m0/s1. The Kier molecular flexibility index (Phi) is 8.09. The predicted molar refractivity (Wildman–Crippen MR) is 126 cm³/mol. The fraction of sp³-hybridized carbons (Fsp3) is 0.423. The van der Waals surface area contributed by atoms with Gasteiger partial charge in [-0.2, -0.15) is 0 Å². The van der Waals surface area contributed by atoms with Crippen molar-refractivity contribution in [2.45, 2.75) is 58.0 Å². The largest absolute Gasteiger partial charge is 0.481 e. The van der Waals surface area contributed by atoms with Crippen LogP contribution in [0.1, 0.15) is 57.1 Å². The van der Waals surface area contributed by atoms with Crippen molar-refractivity contribution in [3.63, 3.8) is 0 Å². The molecule has 2 aromatic carbocycles. The third-order valence-electron chi connectivity index (χ3n) is 6.06. The molecule has 7 nitrogen and oxygen atoms in total. The average molecular weight is 453 g/mol. The molecule has 3 rings (SSSR count). The minimum absolute atomic E-state index is 0.0539. The van der Waals surface area contributed by atoms with Crippen LogP contribution in [0.2, 0.25) is 0 Å². The number of carbonyl (C=O) groups is 3. The number of ether oxygens (including phenoxy) is 1. The number of alkyl carbamates (subject to hydrolysis) is 1. The van der Waals surface area contributed by atoms with E-state index in [1.165, 1.54) is 0 Å². The summed E-state index contributed by atoms with van der Waals surface area (Å²) in [6.45, 7) is 5.77. The van der Waals surface area contributed by atoms with Gasteiger partial charge in [0.15, 0.2) is 0 Å². The molecule has 1 aliphatic rings. The number of hydrogen-bond acceptors (Lipinski definition) is 4. The van der Waals surface area contributed by atoms with Crippen molar-refractivity contribution in [1.82, 2.24) is 10.6 Å². The van der Waals surface area contributed by atoms with Crippen molar-refractivity contribution in [2.75, 3.05) is 6.61 Å². The molecule has 0 unspecified atom stereocenters. The van der Waals surface area contributed by atoms with Gasteiger partial charge in [0.25, 0.3) is 0 Å². The minimum Gasteiger partial charge on any atom is -0.481 e. The number of carboxylic acid groups (broad SMARTS) is 1. The van der Waals surface area contributed by atoms with Crippen LogP contribution in [-0.2, 0) is 14.3 Å². The summed E-state index contributed by atoms with van der Waals surface area (Å²) in [6, 6.07) is 14.9. The van der Waals surface area contributed by atoms with Crippen LogP contribution in [0, 0.1) is 5.92 Å². The molecular weight excluding hydrogens is 420 g/mol. The van der Waals surface area contributed by atoms with Crippen LogP contribution in [0.15, 0.2) is 48.5 Å². The summed E-state index contributed by atoms with van der Waals surface area (Å²) < 4.78 is 5.56. The average Bonchev–Trinajstić information content (AvgIpc) is 3.10. The number of hydrogen-bond donors (Lipinski definition) is 3. The summed E-state index contributed by atoms with van der Waals surface area (Å²) in [6.07, 6.45) is 0.263. The lowest BCUT2D eigenvalue weighted by Gasteiger charge is -2.25. The number of amides is 2. The molecule has 0 spiro atoms. The first kappa shape index (κ1) is 24.3. The number of benzene rings is 2. The molecule has 7 heteroatoms. The van der Waals surface area contributed by atoms with Crippen molar-refractivity contribution in [2.24, 2.45) is 5.92 Å². The minimum atomic E-state index is -0.981.